The minimum atomic E-state index is -0.443. The van der Waals surface area contributed by atoms with Crippen LogP contribution in [0.4, 0.5) is 5.69 Å². The van der Waals surface area contributed by atoms with E-state index in [9.17, 15) is 19.2 Å². The van der Waals surface area contributed by atoms with Gasteiger partial charge in [-0.15, -0.1) is 0 Å². The van der Waals surface area contributed by atoms with Crippen LogP contribution < -0.4 is 9.64 Å². The average molecular weight is 488 g/mol. The number of carbonyl (C=O) groups is 4. The normalized spacial score (nSPS) is 14.3. The predicted molar refractivity (Wildman–Crippen MR) is 137 cm³/mol. The molecule has 7 nitrogen and oxygen atoms in total. The summed E-state index contributed by atoms with van der Waals surface area (Å²) < 4.78 is 5.94. The minimum absolute atomic E-state index is 0.271. The Bertz CT molecular complexity index is 1670. The van der Waals surface area contributed by atoms with Crippen molar-refractivity contribution in [2.24, 2.45) is 0 Å². The van der Waals surface area contributed by atoms with Gasteiger partial charge in [-0.25, -0.2) is 4.90 Å². The molecule has 0 spiro atoms. The van der Waals surface area contributed by atoms with Gasteiger partial charge >= 0.3 is 0 Å². The number of amides is 4. The Labute approximate surface area is 212 Å². The van der Waals surface area contributed by atoms with Gasteiger partial charge in [0.1, 0.15) is 11.5 Å². The smallest absolute Gasteiger partial charge is 0.266 e. The van der Waals surface area contributed by atoms with Gasteiger partial charge in [0, 0.05) is 13.1 Å². The zero-order valence-corrected chi connectivity index (χ0v) is 20.0. The minimum Gasteiger partial charge on any atom is -0.457 e. The van der Waals surface area contributed by atoms with Gasteiger partial charge in [-0.05, 0) is 72.1 Å². The largest absolute Gasteiger partial charge is 0.457 e. The molecule has 0 atom stereocenters. The van der Waals surface area contributed by atoms with E-state index >= 15 is 0 Å². The third kappa shape index (κ3) is 3.60. The van der Waals surface area contributed by atoms with Crippen LogP contribution in [0.3, 0.4) is 0 Å². The number of ether oxygens (including phenoxy) is 1. The highest BCUT2D eigenvalue weighted by Crippen LogP contribution is 2.35. The number of fused-ring (bicyclic) bond motifs is 2. The van der Waals surface area contributed by atoms with E-state index in [1.807, 2.05) is 31.2 Å². The van der Waals surface area contributed by atoms with Crippen LogP contribution in [0.5, 0.6) is 11.5 Å². The van der Waals surface area contributed by atoms with Crippen molar-refractivity contribution in [2.75, 3.05) is 11.9 Å². The molecular weight excluding hydrogens is 468 g/mol. The first-order chi connectivity index (χ1) is 17.8. The van der Waals surface area contributed by atoms with Crippen LogP contribution in [0.25, 0.3) is 11.1 Å². The molecule has 0 bridgehead atoms. The molecule has 2 aliphatic rings. The van der Waals surface area contributed by atoms with E-state index in [4.69, 9.17) is 4.74 Å². The van der Waals surface area contributed by atoms with Gasteiger partial charge < -0.3 is 4.74 Å². The van der Waals surface area contributed by atoms with Crippen molar-refractivity contribution in [3.05, 3.63) is 113 Å². The van der Waals surface area contributed by atoms with Gasteiger partial charge in [0.2, 0.25) is 0 Å². The topological polar surface area (TPSA) is 84.0 Å². The molecule has 0 aliphatic carbocycles. The lowest BCUT2D eigenvalue weighted by Crippen LogP contribution is -2.29. The quantitative estimate of drug-likeness (QED) is 0.355. The maximum absolute atomic E-state index is 13.4. The van der Waals surface area contributed by atoms with Gasteiger partial charge in [0.25, 0.3) is 23.6 Å². The molecule has 0 radical (unpaired) electrons. The first-order valence-corrected chi connectivity index (χ1v) is 11.7. The number of anilines is 1. The molecule has 4 aromatic rings. The van der Waals surface area contributed by atoms with Crippen molar-refractivity contribution in [3.63, 3.8) is 0 Å². The molecule has 0 aromatic heterocycles. The number of aryl methyl sites for hydroxylation is 1. The Morgan fingerprint density at radius 2 is 1.11 bits per heavy atom. The molecule has 6 rings (SSSR count). The van der Waals surface area contributed by atoms with Crippen LogP contribution in [0.2, 0.25) is 0 Å². The Balaban J connectivity index is 1.32. The monoisotopic (exact) mass is 488 g/mol. The number of benzene rings is 4. The van der Waals surface area contributed by atoms with Crippen LogP contribution in [0.1, 0.15) is 47.0 Å². The molecule has 180 valence electrons. The highest BCUT2D eigenvalue weighted by atomic mass is 16.5. The van der Waals surface area contributed by atoms with E-state index in [1.54, 1.807) is 60.7 Å². The standard InChI is InChI=1S/C30H20N2O5/c1-17-5-3-7-21(13-17)37-22-8-4-6-20(16-22)32-29(35)24-12-10-19(15-26(24)30(32)36)18-9-11-23-25(14-18)28(34)31(2)27(23)33/h3-16H,1-2H3. The fourth-order valence-electron chi connectivity index (χ4n) is 4.70. The molecule has 37 heavy (non-hydrogen) atoms. The van der Waals surface area contributed by atoms with Crippen LogP contribution >= 0.6 is 0 Å². The first-order valence-electron chi connectivity index (χ1n) is 11.7. The van der Waals surface area contributed by atoms with Gasteiger partial charge in [0.05, 0.1) is 27.9 Å². The van der Waals surface area contributed by atoms with Gasteiger partial charge in [-0.3, -0.25) is 24.1 Å². The summed E-state index contributed by atoms with van der Waals surface area (Å²) in [7, 11) is 1.44. The molecule has 0 fully saturated rings. The Kier molecular flexibility index (Phi) is 5.01. The summed E-state index contributed by atoms with van der Waals surface area (Å²) in [6.45, 7) is 1.97. The summed E-state index contributed by atoms with van der Waals surface area (Å²) >= 11 is 0. The van der Waals surface area contributed by atoms with Gasteiger partial charge in [0.15, 0.2) is 0 Å². The highest BCUT2D eigenvalue weighted by molar-refractivity contribution is 6.34. The molecule has 4 aromatic carbocycles. The summed E-state index contributed by atoms with van der Waals surface area (Å²) in [5, 5.41) is 0. The summed E-state index contributed by atoms with van der Waals surface area (Å²) in [4.78, 5) is 53.4. The van der Waals surface area contributed by atoms with Crippen molar-refractivity contribution in [2.45, 2.75) is 6.92 Å². The average Bonchev–Trinajstić information content (AvgIpc) is 3.28. The second-order valence-electron chi connectivity index (χ2n) is 9.05. The summed E-state index contributed by atoms with van der Waals surface area (Å²) in [5.74, 6) is -0.413. The Hall–Kier alpha value is -5.04. The van der Waals surface area contributed by atoms with Crippen molar-refractivity contribution >= 4 is 29.3 Å². The first kappa shape index (κ1) is 22.4. The second kappa shape index (κ2) is 8.27. The molecule has 2 aliphatic heterocycles. The number of rotatable bonds is 4. The highest BCUT2D eigenvalue weighted by Gasteiger charge is 2.37. The van der Waals surface area contributed by atoms with Crippen LogP contribution in [-0.2, 0) is 0 Å². The number of carbonyl (C=O) groups excluding carboxylic acids is 4. The van der Waals surface area contributed by atoms with E-state index in [-0.39, 0.29) is 17.4 Å². The van der Waals surface area contributed by atoms with Crippen LogP contribution in [-0.4, -0.2) is 35.6 Å². The van der Waals surface area contributed by atoms with Crippen molar-refractivity contribution in [3.8, 4) is 22.6 Å². The lowest BCUT2D eigenvalue weighted by Gasteiger charge is -2.15. The van der Waals surface area contributed by atoms with Gasteiger partial charge in [-0.2, -0.15) is 0 Å². The third-order valence-corrected chi connectivity index (χ3v) is 6.61. The number of hydrogen-bond donors (Lipinski definition) is 0. The zero-order valence-electron chi connectivity index (χ0n) is 20.0. The Morgan fingerprint density at radius 1 is 0.568 bits per heavy atom. The molecule has 0 saturated heterocycles. The van der Waals surface area contributed by atoms with E-state index in [0.29, 0.717) is 45.0 Å². The number of hydrogen-bond acceptors (Lipinski definition) is 5. The molecule has 0 unspecified atom stereocenters. The second-order valence-corrected chi connectivity index (χ2v) is 9.05. The summed E-state index contributed by atoms with van der Waals surface area (Å²) in [6.07, 6.45) is 0. The SMILES string of the molecule is Cc1cccc(Oc2cccc(N3C(=O)c4ccc(-c5ccc6c(c5)C(=O)N(C)C6=O)cc4C3=O)c2)c1. The van der Waals surface area contributed by atoms with E-state index in [0.717, 1.165) is 15.4 Å². The molecule has 4 amide bonds. The predicted octanol–water partition coefficient (Wildman–Crippen LogP) is 5.48. The fraction of sp³-hybridized carbons (Fsp3) is 0.0667. The van der Waals surface area contributed by atoms with Crippen molar-refractivity contribution in [1.29, 1.82) is 0 Å². The van der Waals surface area contributed by atoms with Gasteiger partial charge in [-0.1, -0.05) is 30.3 Å². The van der Waals surface area contributed by atoms with E-state index in [1.165, 1.54) is 7.05 Å². The lowest BCUT2D eigenvalue weighted by molar-refractivity contribution is 0.0692. The Morgan fingerprint density at radius 3 is 1.78 bits per heavy atom. The zero-order chi connectivity index (χ0) is 25.8. The summed E-state index contributed by atoms with van der Waals surface area (Å²) in [5.41, 5.74) is 4.03. The number of nitrogens with zero attached hydrogens (tertiary/aromatic N) is 2. The summed E-state index contributed by atoms with van der Waals surface area (Å²) in [6, 6.07) is 24.4. The molecule has 2 heterocycles. The molecular formula is C30H20N2O5. The molecule has 0 saturated carbocycles. The van der Waals surface area contributed by atoms with Crippen molar-refractivity contribution < 1.29 is 23.9 Å². The third-order valence-electron chi connectivity index (χ3n) is 6.61. The molecule has 0 N–H and O–H groups in total. The van der Waals surface area contributed by atoms with Crippen LogP contribution in [0.15, 0.2) is 84.9 Å². The van der Waals surface area contributed by atoms with Crippen LogP contribution in [0, 0.1) is 6.92 Å². The van der Waals surface area contributed by atoms with E-state index in [2.05, 4.69) is 0 Å². The fourth-order valence-corrected chi connectivity index (χ4v) is 4.70. The number of imide groups is 2. The van der Waals surface area contributed by atoms with Crippen molar-refractivity contribution in [1.82, 2.24) is 4.90 Å². The maximum atomic E-state index is 13.4. The maximum Gasteiger partial charge on any atom is 0.266 e. The lowest BCUT2D eigenvalue weighted by atomic mass is 9.97. The molecule has 7 heteroatoms. The van der Waals surface area contributed by atoms with E-state index < -0.39 is 11.8 Å².